The number of aromatic nitrogens is 1. The molecule has 0 aliphatic carbocycles. The van der Waals surface area contributed by atoms with Gasteiger partial charge in [-0.15, -0.1) is 22.7 Å². The van der Waals surface area contributed by atoms with Crippen LogP contribution in [0.25, 0.3) is 10.6 Å². The van der Waals surface area contributed by atoms with Gasteiger partial charge in [0.1, 0.15) is 0 Å². The van der Waals surface area contributed by atoms with E-state index in [1.165, 1.54) is 27.8 Å². The third-order valence-corrected chi connectivity index (χ3v) is 8.60. The first kappa shape index (κ1) is 20.5. The second kappa shape index (κ2) is 8.53. The molecule has 1 aromatic carbocycles. The summed E-state index contributed by atoms with van der Waals surface area (Å²) in [5, 5.41) is 7.83. The van der Waals surface area contributed by atoms with Gasteiger partial charge in [-0.25, -0.2) is 13.4 Å². The Morgan fingerprint density at radius 1 is 1.14 bits per heavy atom. The number of carbonyl (C=O) groups is 1. The first-order valence-corrected chi connectivity index (χ1v) is 12.6. The van der Waals surface area contributed by atoms with E-state index < -0.39 is 10.0 Å². The average molecular weight is 468 g/mol. The zero-order valence-corrected chi connectivity index (χ0v) is 18.5. The maximum atomic E-state index is 12.8. The van der Waals surface area contributed by atoms with Crippen LogP contribution in [-0.2, 0) is 14.8 Å². The molecule has 0 saturated carbocycles. The van der Waals surface area contributed by atoms with Crippen LogP contribution in [0.5, 0.6) is 0 Å². The summed E-state index contributed by atoms with van der Waals surface area (Å²) < 4.78 is 26.9. The molecular formula is C19H18ClN3O3S3. The maximum absolute atomic E-state index is 12.8. The first-order valence-electron chi connectivity index (χ1n) is 8.99. The van der Waals surface area contributed by atoms with E-state index in [0.717, 1.165) is 10.6 Å². The zero-order chi connectivity index (χ0) is 20.4. The number of thiophene rings is 1. The number of amides is 1. The molecule has 1 fully saturated rings. The predicted octanol–water partition coefficient (Wildman–Crippen LogP) is 4.56. The van der Waals surface area contributed by atoms with Crippen LogP contribution in [0.15, 0.2) is 52.1 Å². The minimum atomic E-state index is -3.57. The van der Waals surface area contributed by atoms with Crippen LogP contribution in [0.2, 0.25) is 5.02 Å². The number of hydrogen-bond acceptors (Lipinski definition) is 6. The number of anilines is 1. The molecular weight excluding hydrogens is 450 g/mol. The van der Waals surface area contributed by atoms with Gasteiger partial charge in [0, 0.05) is 29.4 Å². The minimum Gasteiger partial charge on any atom is -0.302 e. The van der Waals surface area contributed by atoms with E-state index in [1.807, 2.05) is 22.9 Å². The van der Waals surface area contributed by atoms with Crippen LogP contribution in [0.4, 0.5) is 5.13 Å². The predicted molar refractivity (Wildman–Crippen MR) is 117 cm³/mol. The number of benzene rings is 1. The number of halogens is 1. The molecule has 29 heavy (non-hydrogen) atoms. The van der Waals surface area contributed by atoms with E-state index in [4.69, 9.17) is 11.6 Å². The van der Waals surface area contributed by atoms with Crippen molar-refractivity contribution < 1.29 is 13.2 Å². The monoisotopic (exact) mass is 467 g/mol. The molecule has 2 aromatic heterocycles. The third kappa shape index (κ3) is 4.54. The molecule has 0 atom stereocenters. The number of nitrogens with one attached hydrogen (secondary N) is 1. The van der Waals surface area contributed by atoms with Gasteiger partial charge in [0.25, 0.3) is 0 Å². The van der Waals surface area contributed by atoms with Crippen LogP contribution in [-0.4, -0.2) is 36.7 Å². The van der Waals surface area contributed by atoms with Crippen molar-refractivity contribution in [2.24, 2.45) is 5.92 Å². The number of sulfonamides is 1. The van der Waals surface area contributed by atoms with E-state index in [1.54, 1.807) is 23.5 Å². The molecule has 152 valence electrons. The summed E-state index contributed by atoms with van der Waals surface area (Å²) in [5.74, 6) is -0.346. The normalized spacial score (nSPS) is 16.0. The van der Waals surface area contributed by atoms with Crippen LogP contribution < -0.4 is 5.32 Å². The van der Waals surface area contributed by atoms with Gasteiger partial charge < -0.3 is 5.32 Å². The van der Waals surface area contributed by atoms with E-state index in [2.05, 4.69) is 10.3 Å². The highest BCUT2D eigenvalue weighted by molar-refractivity contribution is 7.89. The topological polar surface area (TPSA) is 79.4 Å². The van der Waals surface area contributed by atoms with Crippen molar-refractivity contribution in [3.63, 3.8) is 0 Å². The SMILES string of the molecule is O=C(Nc1nc(-c2cccs2)cs1)C1CCN(S(=O)(=O)c2ccc(Cl)cc2)CC1. The molecule has 1 saturated heterocycles. The summed E-state index contributed by atoms with van der Waals surface area (Å²) in [6, 6.07) is 10.1. The molecule has 1 N–H and O–H groups in total. The van der Waals surface area contributed by atoms with Gasteiger partial charge in [-0.05, 0) is 48.6 Å². The Hall–Kier alpha value is -1.78. The Morgan fingerprint density at radius 2 is 1.86 bits per heavy atom. The molecule has 6 nitrogen and oxygen atoms in total. The molecule has 1 aliphatic rings. The van der Waals surface area contributed by atoms with Crippen LogP contribution in [0.1, 0.15) is 12.8 Å². The van der Waals surface area contributed by atoms with Gasteiger partial charge in [-0.1, -0.05) is 17.7 Å². The molecule has 4 rings (SSSR count). The summed E-state index contributed by atoms with van der Waals surface area (Å²) in [7, 11) is -3.57. The van der Waals surface area contributed by atoms with Crippen LogP contribution in [0.3, 0.4) is 0 Å². The van der Waals surface area contributed by atoms with Crippen LogP contribution >= 0.6 is 34.3 Å². The first-order chi connectivity index (χ1) is 13.9. The standard InChI is InChI=1S/C19H18ClN3O3S3/c20-14-3-5-15(6-4-14)29(25,26)23-9-7-13(8-10-23)18(24)22-19-21-16(12-28-19)17-2-1-11-27-17/h1-6,11-13H,7-10H2,(H,21,22,24). The van der Waals surface area contributed by atoms with Crippen molar-refractivity contribution >= 4 is 55.3 Å². The van der Waals surface area contributed by atoms with Gasteiger partial charge in [-0.2, -0.15) is 4.31 Å². The fraction of sp³-hybridized carbons (Fsp3) is 0.263. The molecule has 10 heteroatoms. The third-order valence-electron chi connectivity index (χ3n) is 4.78. The van der Waals surface area contributed by atoms with Gasteiger partial charge in [-0.3, -0.25) is 4.79 Å². The van der Waals surface area contributed by atoms with Crippen molar-refractivity contribution in [3.05, 3.63) is 52.2 Å². The van der Waals surface area contributed by atoms with Crippen LogP contribution in [0, 0.1) is 5.92 Å². The second-order valence-corrected chi connectivity index (χ2v) is 10.8. The number of rotatable bonds is 5. The van der Waals surface area contributed by atoms with Gasteiger partial charge in [0.05, 0.1) is 15.5 Å². The number of nitrogens with zero attached hydrogens (tertiary/aromatic N) is 2. The number of hydrogen-bond donors (Lipinski definition) is 1. The molecule has 3 aromatic rings. The summed E-state index contributed by atoms with van der Waals surface area (Å²) in [6.07, 6.45) is 0.948. The van der Waals surface area contributed by atoms with E-state index in [0.29, 0.717) is 36.1 Å². The lowest BCUT2D eigenvalue weighted by molar-refractivity contribution is -0.120. The molecule has 0 bridgehead atoms. The highest BCUT2D eigenvalue weighted by Crippen LogP contribution is 2.30. The molecule has 1 amide bonds. The zero-order valence-electron chi connectivity index (χ0n) is 15.2. The number of thiazole rings is 1. The van der Waals surface area contributed by atoms with E-state index >= 15 is 0 Å². The lowest BCUT2D eigenvalue weighted by Crippen LogP contribution is -2.41. The highest BCUT2D eigenvalue weighted by atomic mass is 35.5. The second-order valence-electron chi connectivity index (χ2n) is 6.64. The quantitative estimate of drug-likeness (QED) is 0.596. The Kier molecular flexibility index (Phi) is 6.03. The van der Waals surface area contributed by atoms with Crippen molar-refractivity contribution in [3.8, 4) is 10.6 Å². The Bertz CT molecular complexity index is 1090. The van der Waals surface area contributed by atoms with Gasteiger partial charge in [0.2, 0.25) is 15.9 Å². The molecule has 3 heterocycles. The fourth-order valence-electron chi connectivity index (χ4n) is 3.19. The summed E-state index contributed by atoms with van der Waals surface area (Å²) in [6.45, 7) is 0.614. The minimum absolute atomic E-state index is 0.111. The fourth-order valence-corrected chi connectivity index (χ4v) is 6.26. The molecule has 0 spiro atoms. The summed E-state index contributed by atoms with van der Waals surface area (Å²) in [4.78, 5) is 18.3. The largest absolute Gasteiger partial charge is 0.302 e. The van der Waals surface area contributed by atoms with Crippen molar-refractivity contribution in [1.29, 1.82) is 0 Å². The highest BCUT2D eigenvalue weighted by Gasteiger charge is 2.32. The lowest BCUT2D eigenvalue weighted by Gasteiger charge is -2.30. The van der Waals surface area contributed by atoms with Crippen molar-refractivity contribution in [1.82, 2.24) is 9.29 Å². The van der Waals surface area contributed by atoms with Gasteiger partial charge >= 0.3 is 0 Å². The lowest BCUT2D eigenvalue weighted by atomic mass is 9.97. The van der Waals surface area contributed by atoms with Gasteiger partial charge in [0.15, 0.2) is 5.13 Å². The summed E-state index contributed by atoms with van der Waals surface area (Å²) >= 11 is 8.83. The van der Waals surface area contributed by atoms with Crippen molar-refractivity contribution in [2.75, 3.05) is 18.4 Å². The maximum Gasteiger partial charge on any atom is 0.243 e. The molecule has 0 unspecified atom stereocenters. The van der Waals surface area contributed by atoms with E-state index in [-0.39, 0.29) is 16.7 Å². The average Bonchev–Trinajstić information content (AvgIpc) is 3.40. The number of piperidine rings is 1. The van der Waals surface area contributed by atoms with Crippen molar-refractivity contribution in [2.45, 2.75) is 17.7 Å². The Labute approximate surface area is 182 Å². The van der Waals surface area contributed by atoms with E-state index in [9.17, 15) is 13.2 Å². The Balaban J connectivity index is 1.35. The molecule has 1 aliphatic heterocycles. The summed E-state index contributed by atoms with van der Waals surface area (Å²) in [5.41, 5.74) is 0.851. The Morgan fingerprint density at radius 3 is 2.52 bits per heavy atom. The smallest absolute Gasteiger partial charge is 0.243 e. The molecule has 0 radical (unpaired) electrons. The number of carbonyl (C=O) groups excluding carboxylic acids is 1.